The van der Waals surface area contributed by atoms with Crippen LogP contribution in [0.4, 0.5) is 4.79 Å². The smallest absolute Gasteiger partial charge is 0.294 e. The molecule has 0 unspecified atom stereocenters. The topological polar surface area (TPSA) is 55.8 Å². The van der Waals surface area contributed by atoms with E-state index in [0.717, 1.165) is 16.7 Å². The number of halogens is 1. The van der Waals surface area contributed by atoms with E-state index in [1.54, 1.807) is 18.2 Å². The fraction of sp³-hybridized carbons (Fsp3) is 0.200. The Morgan fingerprint density at radius 3 is 2.55 bits per heavy atom. The van der Waals surface area contributed by atoms with Crippen LogP contribution in [0.3, 0.4) is 0 Å². The predicted octanol–water partition coefficient (Wildman–Crippen LogP) is 3.14. The first-order valence-corrected chi connectivity index (χ1v) is 7.73. The van der Waals surface area contributed by atoms with Crippen molar-refractivity contribution < 1.29 is 19.1 Å². The minimum atomic E-state index is -0.394. The van der Waals surface area contributed by atoms with Crippen molar-refractivity contribution in [3.8, 4) is 23.8 Å². The molecular formula is C15H12BrNO4S. The molecule has 5 nitrogen and oxygen atoms in total. The summed E-state index contributed by atoms with van der Waals surface area (Å²) in [6.07, 6.45) is 6.78. The monoisotopic (exact) mass is 381 g/mol. The van der Waals surface area contributed by atoms with Gasteiger partial charge in [-0.1, -0.05) is 21.9 Å². The number of carbonyl (C=O) groups is 2. The Labute approximate surface area is 140 Å². The molecule has 0 spiro atoms. The summed E-state index contributed by atoms with van der Waals surface area (Å²) in [5.41, 5.74) is 0.698. The van der Waals surface area contributed by atoms with Gasteiger partial charge in [-0.15, -0.1) is 6.42 Å². The van der Waals surface area contributed by atoms with E-state index < -0.39 is 5.91 Å². The van der Waals surface area contributed by atoms with E-state index in [0.29, 0.717) is 26.4 Å². The first kappa shape index (κ1) is 16.5. The summed E-state index contributed by atoms with van der Waals surface area (Å²) in [5.74, 6) is 2.99. The normalized spacial score (nSPS) is 16.1. The molecule has 1 saturated heterocycles. The van der Waals surface area contributed by atoms with Gasteiger partial charge in [-0.3, -0.25) is 14.5 Å². The third-order valence-electron chi connectivity index (χ3n) is 2.91. The zero-order valence-corrected chi connectivity index (χ0v) is 14.3. The third-order valence-corrected chi connectivity index (χ3v) is 4.51. The molecule has 0 bridgehead atoms. The minimum absolute atomic E-state index is 0.0326. The molecule has 1 aromatic carbocycles. The zero-order valence-electron chi connectivity index (χ0n) is 11.9. The van der Waals surface area contributed by atoms with E-state index in [9.17, 15) is 9.59 Å². The Morgan fingerprint density at radius 2 is 1.95 bits per heavy atom. The second kappa shape index (κ2) is 6.90. The first-order chi connectivity index (χ1) is 10.5. The molecule has 1 aliphatic rings. The SMILES string of the molecule is C#CCN1C(=O)S/C(=C\c2cc(OC)c(OC)cc2Br)C1=O. The number of hydrogen-bond donors (Lipinski definition) is 0. The highest BCUT2D eigenvalue weighted by molar-refractivity contribution is 9.10. The molecule has 1 heterocycles. The molecule has 1 aliphatic heterocycles. The second-order valence-corrected chi connectivity index (χ2v) is 6.05. The lowest BCUT2D eigenvalue weighted by molar-refractivity contribution is -0.122. The quantitative estimate of drug-likeness (QED) is 0.592. The van der Waals surface area contributed by atoms with E-state index in [1.807, 2.05) is 0 Å². The van der Waals surface area contributed by atoms with Crippen LogP contribution < -0.4 is 9.47 Å². The average molecular weight is 382 g/mol. The van der Waals surface area contributed by atoms with Gasteiger partial charge >= 0.3 is 0 Å². The molecule has 7 heteroatoms. The van der Waals surface area contributed by atoms with Crippen molar-refractivity contribution >= 4 is 44.9 Å². The molecule has 22 heavy (non-hydrogen) atoms. The summed E-state index contributed by atoms with van der Waals surface area (Å²) in [5, 5.41) is -0.370. The van der Waals surface area contributed by atoms with Crippen LogP contribution in [-0.4, -0.2) is 36.8 Å². The van der Waals surface area contributed by atoms with Gasteiger partial charge in [0, 0.05) is 4.47 Å². The molecule has 0 radical (unpaired) electrons. The Bertz CT molecular complexity index is 708. The van der Waals surface area contributed by atoms with E-state index >= 15 is 0 Å². The van der Waals surface area contributed by atoms with E-state index in [-0.39, 0.29) is 11.8 Å². The Balaban J connectivity index is 2.40. The van der Waals surface area contributed by atoms with Gasteiger partial charge in [0.2, 0.25) is 0 Å². The Hall–Kier alpha value is -1.91. The lowest BCUT2D eigenvalue weighted by atomic mass is 10.2. The van der Waals surface area contributed by atoms with Crippen molar-refractivity contribution in [2.45, 2.75) is 0 Å². The number of imide groups is 1. The highest BCUT2D eigenvalue weighted by Gasteiger charge is 2.34. The van der Waals surface area contributed by atoms with E-state index in [4.69, 9.17) is 15.9 Å². The number of carbonyl (C=O) groups excluding carboxylic acids is 2. The summed E-state index contributed by atoms with van der Waals surface area (Å²) in [7, 11) is 3.06. The summed E-state index contributed by atoms with van der Waals surface area (Å²) in [6.45, 7) is -0.0326. The summed E-state index contributed by atoms with van der Waals surface area (Å²) >= 11 is 4.27. The van der Waals surface area contributed by atoms with Crippen LogP contribution in [0.5, 0.6) is 11.5 Å². The number of nitrogens with zero attached hydrogens (tertiary/aromatic N) is 1. The van der Waals surface area contributed by atoms with Gasteiger partial charge in [0.25, 0.3) is 11.1 Å². The summed E-state index contributed by atoms with van der Waals surface area (Å²) in [4.78, 5) is 25.3. The number of rotatable bonds is 4. The maximum absolute atomic E-state index is 12.1. The molecule has 0 saturated carbocycles. The van der Waals surface area contributed by atoms with Crippen LogP contribution in [0.1, 0.15) is 5.56 Å². The van der Waals surface area contributed by atoms with Crippen LogP contribution in [0.15, 0.2) is 21.5 Å². The van der Waals surface area contributed by atoms with Gasteiger partial charge in [0.1, 0.15) is 0 Å². The number of hydrogen-bond acceptors (Lipinski definition) is 5. The van der Waals surface area contributed by atoms with Crippen LogP contribution in [0, 0.1) is 12.3 Å². The molecule has 1 aromatic rings. The van der Waals surface area contributed by atoms with Crippen molar-refractivity contribution in [2.75, 3.05) is 20.8 Å². The largest absolute Gasteiger partial charge is 0.493 e. The van der Waals surface area contributed by atoms with Crippen molar-refractivity contribution in [3.63, 3.8) is 0 Å². The molecule has 2 amide bonds. The van der Waals surface area contributed by atoms with Crippen molar-refractivity contribution in [1.29, 1.82) is 0 Å². The molecule has 2 rings (SSSR count). The van der Waals surface area contributed by atoms with Crippen LogP contribution in [-0.2, 0) is 4.79 Å². The number of ether oxygens (including phenoxy) is 2. The molecule has 0 aliphatic carbocycles. The van der Waals surface area contributed by atoms with E-state index in [2.05, 4.69) is 21.9 Å². The maximum Gasteiger partial charge on any atom is 0.294 e. The van der Waals surface area contributed by atoms with Crippen LogP contribution in [0.2, 0.25) is 0 Å². The fourth-order valence-corrected chi connectivity index (χ4v) is 3.12. The van der Waals surface area contributed by atoms with Crippen LogP contribution in [0.25, 0.3) is 6.08 Å². The lowest BCUT2D eigenvalue weighted by Gasteiger charge is -2.10. The first-order valence-electron chi connectivity index (χ1n) is 6.12. The summed E-state index contributed by atoms with van der Waals surface area (Å²) in [6, 6.07) is 3.45. The minimum Gasteiger partial charge on any atom is -0.493 e. The zero-order chi connectivity index (χ0) is 16.3. The standard InChI is InChI=1S/C15H12BrNO4S/c1-4-5-17-14(18)13(22-15(17)19)7-9-6-11(20-2)12(21-3)8-10(9)16/h1,6-8H,5H2,2-3H3/b13-7-. The number of amides is 2. The number of terminal acetylenes is 1. The van der Waals surface area contributed by atoms with Crippen molar-refractivity contribution in [1.82, 2.24) is 4.90 Å². The van der Waals surface area contributed by atoms with Gasteiger partial charge in [0.15, 0.2) is 11.5 Å². The van der Waals surface area contributed by atoms with E-state index in [1.165, 1.54) is 14.2 Å². The molecular weight excluding hydrogens is 370 g/mol. The number of benzene rings is 1. The highest BCUT2D eigenvalue weighted by Crippen LogP contribution is 2.37. The maximum atomic E-state index is 12.1. The van der Waals surface area contributed by atoms with Crippen molar-refractivity contribution in [2.24, 2.45) is 0 Å². The van der Waals surface area contributed by atoms with Crippen molar-refractivity contribution in [3.05, 3.63) is 27.1 Å². The number of methoxy groups -OCH3 is 2. The average Bonchev–Trinajstić information content (AvgIpc) is 2.76. The molecule has 0 aromatic heterocycles. The third kappa shape index (κ3) is 3.13. The summed E-state index contributed by atoms with van der Waals surface area (Å²) < 4.78 is 11.1. The highest BCUT2D eigenvalue weighted by atomic mass is 79.9. The lowest BCUT2D eigenvalue weighted by Crippen LogP contribution is -2.28. The van der Waals surface area contributed by atoms with Gasteiger partial charge < -0.3 is 9.47 Å². The molecule has 114 valence electrons. The molecule has 0 atom stereocenters. The van der Waals surface area contributed by atoms with Gasteiger partial charge in [-0.25, -0.2) is 0 Å². The van der Waals surface area contributed by atoms with Gasteiger partial charge in [-0.2, -0.15) is 0 Å². The Kier molecular flexibility index (Phi) is 5.16. The number of thioether (sulfide) groups is 1. The second-order valence-electron chi connectivity index (χ2n) is 4.20. The molecule has 0 N–H and O–H groups in total. The fourth-order valence-electron chi connectivity index (χ4n) is 1.85. The predicted molar refractivity (Wildman–Crippen MR) is 88.8 cm³/mol. The van der Waals surface area contributed by atoms with Gasteiger partial charge in [0.05, 0.1) is 25.7 Å². The van der Waals surface area contributed by atoms with Crippen LogP contribution >= 0.6 is 27.7 Å². The molecule has 1 fully saturated rings. The van der Waals surface area contributed by atoms with Gasteiger partial charge in [-0.05, 0) is 35.5 Å². The Morgan fingerprint density at radius 1 is 1.32 bits per heavy atom.